The van der Waals surface area contributed by atoms with E-state index in [9.17, 15) is 18.0 Å². The van der Waals surface area contributed by atoms with Crippen molar-refractivity contribution in [3.8, 4) is 0 Å². The molecule has 2 aromatic carbocycles. The molecular weight excluding hydrogens is 479 g/mol. The number of halogens is 3. The van der Waals surface area contributed by atoms with Gasteiger partial charge in [0.2, 0.25) is 5.91 Å². The Labute approximate surface area is 217 Å². The van der Waals surface area contributed by atoms with Crippen LogP contribution >= 0.6 is 0 Å². The minimum absolute atomic E-state index is 0.0220. The standard InChI is InChI=1S/C29H36F3N3O2/c1-18-14-34(15-19(2)35(18)23-7-4-21(30)5-8-23)29(36)27-17-33(24-10-11-37-20(3)12-24)16-26(27)25-9-6-22(31)13-28(25)32/h4-9,13,18-20,24,26-27H,10-12,14-17H2,1-3H3/t18-,19+,20-,24+,26-,27?/m0/s1. The van der Waals surface area contributed by atoms with Crippen molar-refractivity contribution in [2.24, 2.45) is 5.92 Å². The molecule has 0 N–H and O–H groups in total. The number of hydrogen-bond donors (Lipinski definition) is 0. The van der Waals surface area contributed by atoms with Crippen molar-refractivity contribution in [3.05, 3.63) is 65.5 Å². The van der Waals surface area contributed by atoms with E-state index in [1.165, 1.54) is 24.3 Å². The topological polar surface area (TPSA) is 36.0 Å². The van der Waals surface area contributed by atoms with Gasteiger partial charge in [-0.25, -0.2) is 13.2 Å². The number of amides is 1. The van der Waals surface area contributed by atoms with Crippen LogP contribution in [0.1, 0.15) is 45.1 Å². The van der Waals surface area contributed by atoms with Gasteiger partial charge in [0.15, 0.2) is 0 Å². The maximum Gasteiger partial charge on any atom is 0.227 e. The molecule has 3 saturated heterocycles. The number of carbonyl (C=O) groups is 1. The molecule has 5 rings (SSSR count). The second kappa shape index (κ2) is 10.7. The third-order valence-corrected chi connectivity index (χ3v) is 8.36. The molecule has 0 aliphatic carbocycles. The van der Waals surface area contributed by atoms with Gasteiger partial charge in [0.25, 0.3) is 0 Å². The molecule has 8 heteroatoms. The summed E-state index contributed by atoms with van der Waals surface area (Å²) in [4.78, 5) is 20.5. The lowest BCUT2D eigenvalue weighted by Gasteiger charge is -2.46. The van der Waals surface area contributed by atoms with Gasteiger partial charge in [0, 0.05) is 68.6 Å². The third kappa shape index (κ3) is 5.36. The molecule has 1 unspecified atom stereocenters. The predicted molar refractivity (Wildman–Crippen MR) is 137 cm³/mol. The number of nitrogens with zero attached hydrogens (tertiary/aromatic N) is 3. The molecule has 6 atom stereocenters. The lowest BCUT2D eigenvalue weighted by molar-refractivity contribution is -0.137. The molecule has 3 fully saturated rings. The normalized spacial score (nSPS) is 31.1. The van der Waals surface area contributed by atoms with E-state index in [1.54, 1.807) is 12.1 Å². The lowest BCUT2D eigenvalue weighted by atomic mass is 9.87. The SMILES string of the molecule is C[C@@H]1CN(C(=O)C2CN([C@@H]3CCO[C@@H](C)C3)C[C@H]2c2ccc(F)cc2F)C[C@H](C)N1c1ccc(F)cc1. The van der Waals surface area contributed by atoms with Gasteiger partial charge >= 0.3 is 0 Å². The van der Waals surface area contributed by atoms with Crippen LogP contribution in [0.15, 0.2) is 42.5 Å². The zero-order valence-corrected chi connectivity index (χ0v) is 21.7. The smallest absolute Gasteiger partial charge is 0.227 e. The van der Waals surface area contributed by atoms with Crippen LogP contribution in [0.25, 0.3) is 0 Å². The highest BCUT2D eigenvalue weighted by atomic mass is 19.1. The Hall–Kier alpha value is -2.58. The van der Waals surface area contributed by atoms with Crippen LogP contribution in [-0.4, -0.2) is 72.7 Å². The fourth-order valence-corrected chi connectivity index (χ4v) is 6.67. The van der Waals surface area contributed by atoms with Crippen molar-refractivity contribution in [1.82, 2.24) is 9.80 Å². The first-order chi connectivity index (χ1) is 17.7. The molecule has 3 aliphatic rings. The quantitative estimate of drug-likeness (QED) is 0.586. The van der Waals surface area contributed by atoms with Crippen molar-refractivity contribution < 1.29 is 22.7 Å². The zero-order chi connectivity index (χ0) is 26.3. The zero-order valence-electron chi connectivity index (χ0n) is 21.7. The highest BCUT2D eigenvalue weighted by Gasteiger charge is 2.45. The lowest BCUT2D eigenvalue weighted by Crippen LogP contribution is -2.59. The van der Waals surface area contributed by atoms with Crippen LogP contribution in [0, 0.1) is 23.4 Å². The van der Waals surface area contributed by atoms with E-state index in [2.05, 4.69) is 30.6 Å². The van der Waals surface area contributed by atoms with Gasteiger partial charge in [-0.3, -0.25) is 9.69 Å². The first-order valence-electron chi connectivity index (χ1n) is 13.3. The largest absolute Gasteiger partial charge is 0.378 e. The monoisotopic (exact) mass is 515 g/mol. The first-order valence-corrected chi connectivity index (χ1v) is 13.3. The Morgan fingerprint density at radius 2 is 1.57 bits per heavy atom. The molecule has 0 saturated carbocycles. The van der Waals surface area contributed by atoms with E-state index < -0.39 is 17.6 Å². The number of anilines is 1. The van der Waals surface area contributed by atoms with Gasteiger partial charge in [0.05, 0.1) is 12.0 Å². The number of likely N-dealkylation sites (tertiary alicyclic amines) is 1. The fourth-order valence-electron chi connectivity index (χ4n) is 6.67. The van der Waals surface area contributed by atoms with Crippen LogP contribution < -0.4 is 4.90 Å². The molecule has 3 heterocycles. The molecule has 0 spiro atoms. The van der Waals surface area contributed by atoms with Crippen molar-refractivity contribution in [2.45, 2.75) is 63.8 Å². The number of ether oxygens (including phenoxy) is 1. The summed E-state index contributed by atoms with van der Waals surface area (Å²) in [7, 11) is 0. The molecule has 1 amide bonds. The molecule has 5 nitrogen and oxygen atoms in total. The van der Waals surface area contributed by atoms with Crippen molar-refractivity contribution >= 4 is 11.6 Å². The van der Waals surface area contributed by atoms with E-state index in [0.29, 0.717) is 38.3 Å². The van der Waals surface area contributed by atoms with Crippen molar-refractivity contribution in [1.29, 1.82) is 0 Å². The Balaban J connectivity index is 1.37. The Morgan fingerprint density at radius 3 is 2.22 bits per heavy atom. The van der Waals surface area contributed by atoms with Crippen LogP contribution in [0.5, 0.6) is 0 Å². The van der Waals surface area contributed by atoms with Crippen LogP contribution in [0.4, 0.5) is 18.9 Å². The minimum atomic E-state index is -0.614. The molecule has 37 heavy (non-hydrogen) atoms. The number of rotatable bonds is 4. The summed E-state index contributed by atoms with van der Waals surface area (Å²) in [5, 5.41) is 0. The van der Waals surface area contributed by atoms with Crippen molar-refractivity contribution in [2.75, 3.05) is 37.7 Å². The van der Waals surface area contributed by atoms with Gasteiger partial charge in [0.1, 0.15) is 17.5 Å². The van der Waals surface area contributed by atoms with Gasteiger partial charge in [-0.2, -0.15) is 0 Å². The van der Waals surface area contributed by atoms with Crippen LogP contribution in [0.2, 0.25) is 0 Å². The highest BCUT2D eigenvalue weighted by Crippen LogP contribution is 2.39. The summed E-state index contributed by atoms with van der Waals surface area (Å²) >= 11 is 0. The van der Waals surface area contributed by atoms with Gasteiger partial charge < -0.3 is 14.5 Å². The van der Waals surface area contributed by atoms with E-state index in [4.69, 9.17) is 4.74 Å². The summed E-state index contributed by atoms with van der Waals surface area (Å²) in [6.07, 6.45) is 1.91. The molecular formula is C29H36F3N3O2. The maximum atomic E-state index is 15.0. The average molecular weight is 516 g/mol. The number of hydrogen-bond acceptors (Lipinski definition) is 4. The Bertz CT molecular complexity index is 1100. The summed E-state index contributed by atoms with van der Waals surface area (Å²) in [6.45, 7) is 9.06. The molecule has 3 aliphatic heterocycles. The molecule has 0 radical (unpaired) electrons. The second-order valence-corrected chi connectivity index (χ2v) is 11.0. The highest BCUT2D eigenvalue weighted by molar-refractivity contribution is 5.81. The molecule has 200 valence electrons. The third-order valence-electron chi connectivity index (χ3n) is 8.36. The molecule has 2 aromatic rings. The summed E-state index contributed by atoms with van der Waals surface area (Å²) in [6, 6.07) is 10.5. The molecule has 0 aromatic heterocycles. The maximum absolute atomic E-state index is 15.0. The van der Waals surface area contributed by atoms with Gasteiger partial charge in [-0.05, 0) is 69.5 Å². The fraction of sp³-hybridized carbons (Fsp3) is 0.552. The predicted octanol–water partition coefficient (Wildman–Crippen LogP) is 4.81. The molecule has 0 bridgehead atoms. The summed E-state index contributed by atoms with van der Waals surface area (Å²) in [5.41, 5.74) is 1.34. The van der Waals surface area contributed by atoms with E-state index >= 15 is 0 Å². The van der Waals surface area contributed by atoms with Crippen molar-refractivity contribution in [3.63, 3.8) is 0 Å². The van der Waals surface area contributed by atoms with Crippen LogP contribution in [0.3, 0.4) is 0 Å². The Kier molecular flexibility index (Phi) is 7.50. The van der Waals surface area contributed by atoms with Gasteiger partial charge in [-0.1, -0.05) is 6.07 Å². The van der Waals surface area contributed by atoms with Gasteiger partial charge in [-0.15, -0.1) is 0 Å². The average Bonchev–Trinajstić information content (AvgIpc) is 3.29. The number of piperazine rings is 1. The van der Waals surface area contributed by atoms with E-state index in [-0.39, 0.29) is 41.9 Å². The van der Waals surface area contributed by atoms with E-state index in [1.807, 2.05) is 4.90 Å². The van der Waals surface area contributed by atoms with E-state index in [0.717, 1.165) is 24.6 Å². The summed E-state index contributed by atoms with van der Waals surface area (Å²) in [5.74, 6) is -2.21. The number of benzene rings is 2. The second-order valence-electron chi connectivity index (χ2n) is 11.0. The Morgan fingerprint density at radius 1 is 0.892 bits per heavy atom. The van der Waals surface area contributed by atoms with Crippen LogP contribution in [-0.2, 0) is 9.53 Å². The minimum Gasteiger partial charge on any atom is -0.378 e. The summed E-state index contributed by atoms with van der Waals surface area (Å²) < 4.78 is 47.9. The first kappa shape index (κ1) is 26.0. The number of carbonyl (C=O) groups excluding carboxylic acids is 1.